The van der Waals surface area contributed by atoms with E-state index in [9.17, 15) is 4.79 Å². The molecule has 148 valence electrons. The lowest BCUT2D eigenvalue weighted by atomic mass is 10.1. The van der Waals surface area contributed by atoms with Gasteiger partial charge in [0.05, 0.1) is 18.7 Å². The fourth-order valence-electron chi connectivity index (χ4n) is 3.29. The molecule has 5 nitrogen and oxygen atoms in total. The van der Waals surface area contributed by atoms with E-state index in [4.69, 9.17) is 9.72 Å². The molecule has 4 aromatic rings. The van der Waals surface area contributed by atoms with Gasteiger partial charge in [0.25, 0.3) is 0 Å². The number of amides is 1. The van der Waals surface area contributed by atoms with Gasteiger partial charge in [-0.15, -0.1) is 11.3 Å². The molecule has 1 amide bonds. The second-order valence-electron chi connectivity index (χ2n) is 6.70. The van der Waals surface area contributed by atoms with Crippen molar-refractivity contribution in [2.24, 2.45) is 0 Å². The Kier molecular flexibility index (Phi) is 5.62. The van der Waals surface area contributed by atoms with Crippen LogP contribution in [0.25, 0.3) is 16.2 Å². The van der Waals surface area contributed by atoms with Crippen molar-refractivity contribution in [1.82, 2.24) is 9.38 Å². The molecule has 2 aromatic carbocycles. The number of ether oxygens (including phenoxy) is 1. The molecule has 0 aliphatic rings. The third-order valence-corrected chi connectivity index (χ3v) is 5.65. The first-order valence-corrected chi connectivity index (χ1v) is 10.6. The number of hydrogen-bond acceptors (Lipinski definition) is 4. The summed E-state index contributed by atoms with van der Waals surface area (Å²) in [6.07, 6.45) is 3.17. The molecule has 0 fully saturated rings. The van der Waals surface area contributed by atoms with Crippen molar-refractivity contribution < 1.29 is 9.53 Å². The van der Waals surface area contributed by atoms with E-state index in [1.165, 1.54) is 0 Å². The summed E-state index contributed by atoms with van der Waals surface area (Å²) in [7, 11) is 0. The maximum atomic E-state index is 12.6. The van der Waals surface area contributed by atoms with Crippen LogP contribution in [0.15, 0.2) is 60.1 Å². The molecule has 1 N–H and O–H groups in total. The molecule has 0 aliphatic heterocycles. The average molecular weight is 406 g/mol. The highest BCUT2D eigenvalue weighted by molar-refractivity contribution is 7.15. The van der Waals surface area contributed by atoms with Gasteiger partial charge >= 0.3 is 0 Å². The van der Waals surface area contributed by atoms with Gasteiger partial charge in [-0.25, -0.2) is 4.98 Å². The summed E-state index contributed by atoms with van der Waals surface area (Å²) >= 11 is 1.54. The molecule has 2 aromatic heterocycles. The Labute approximate surface area is 174 Å². The molecule has 0 bridgehead atoms. The van der Waals surface area contributed by atoms with Crippen molar-refractivity contribution in [2.45, 2.75) is 26.7 Å². The van der Waals surface area contributed by atoms with E-state index in [-0.39, 0.29) is 5.91 Å². The van der Waals surface area contributed by atoms with E-state index in [0.717, 1.165) is 45.3 Å². The van der Waals surface area contributed by atoms with E-state index >= 15 is 0 Å². The zero-order valence-electron chi connectivity index (χ0n) is 16.5. The van der Waals surface area contributed by atoms with Crippen LogP contribution in [0.1, 0.15) is 25.1 Å². The second kappa shape index (κ2) is 8.49. The van der Waals surface area contributed by atoms with Gasteiger partial charge < -0.3 is 10.1 Å². The van der Waals surface area contributed by atoms with Gasteiger partial charge in [0.2, 0.25) is 5.91 Å². The lowest BCUT2D eigenvalue weighted by Crippen LogP contribution is -2.16. The van der Waals surface area contributed by atoms with Crippen LogP contribution in [0.4, 0.5) is 5.69 Å². The molecule has 0 spiro atoms. The van der Waals surface area contributed by atoms with Crippen LogP contribution in [0.3, 0.4) is 0 Å². The summed E-state index contributed by atoms with van der Waals surface area (Å²) in [6, 6.07) is 15.8. The Balaban J connectivity index is 1.52. The molecule has 0 atom stereocenters. The van der Waals surface area contributed by atoms with Gasteiger partial charge in [-0.3, -0.25) is 9.20 Å². The molecular weight excluding hydrogens is 382 g/mol. The number of imidazole rings is 1. The number of carbonyl (C=O) groups excluding carboxylic acids is 1. The monoisotopic (exact) mass is 405 g/mol. The van der Waals surface area contributed by atoms with Gasteiger partial charge in [0.15, 0.2) is 4.96 Å². The Hall–Kier alpha value is -3.12. The van der Waals surface area contributed by atoms with Crippen molar-refractivity contribution in [1.29, 1.82) is 0 Å². The highest BCUT2D eigenvalue weighted by Crippen LogP contribution is 2.26. The smallest absolute Gasteiger partial charge is 0.230 e. The fraction of sp³-hybridized carbons (Fsp3) is 0.217. The van der Waals surface area contributed by atoms with E-state index < -0.39 is 0 Å². The Morgan fingerprint density at radius 2 is 1.93 bits per heavy atom. The van der Waals surface area contributed by atoms with Gasteiger partial charge in [-0.05, 0) is 49.2 Å². The summed E-state index contributed by atoms with van der Waals surface area (Å²) in [5.74, 6) is 0.823. The standard InChI is InChI=1S/C23H23N3O2S/c1-3-16-7-5-6-8-20(16)24-22(27)13-18-15-29-23-25-21(14-26(18)23)17-9-11-19(12-10-17)28-4-2/h5-12,14-15H,3-4,13H2,1-2H3,(H,24,27). The maximum absolute atomic E-state index is 12.6. The molecule has 0 radical (unpaired) electrons. The second-order valence-corrected chi connectivity index (χ2v) is 7.54. The van der Waals surface area contributed by atoms with Gasteiger partial charge in [-0.1, -0.05) is 25.1 Å². The first-order chi connectivity index (χ1) is 14.2. The van der Waals surface area contributed by atoms with Gasteiger partial charge in [0, 0.05) is 28.5 Å². The number of fused-ring (bicyclic) bond motifs is 1. The van der Waals surface area contributed by atoms with Crippen LogP contribution in [0, 0.1) is 0 Å². The minimum absolute atomic E-state index is 0.0260. The fourth-order valence-corrected chi connectivity index (χ4v) is 4.17. The molecule has 0 aliphatic carbocycles. The maximum Gasteiger partial charge on any atom is 0.230 e. The highest BCUT2D eigenvalue weighted by atomic mass is 32.1. The largest absolute Gasteiger partial charge is 0.494 e. The van der Waals surface area contributed by atoms with E-state index in [1.807, 2.05) is 71.4 Å². The number of aryl methyl sites for hydroxylation is 1. The van der Waals surface area contributed by atoms with E-state index in [0.29, 0.717) is 13.0 Å². The summed E-state index contributed by atoms with van der Waals surface area (Å²) in [6.45, 7) is 4.70. The van der Waals surface area contributed by atoms with Crippen LogP contribution in [0.2, 0.25) is 0 Å². The molecule has 0 unspecified atom stereocenters. The predicted molar refractivity (Wildman–Crippen MR) is 118 cm³/mol. The summed E-state index contributed by atoms with van der Waals surface area (Å²) < 4.78 is 7.50. The SMILES string of the molecule is CCOc1ccc(-c2cn3c(CC(=O)Nc4ccccc4CC)csc3n2)cc1. The number of anilines is 1. The van der Waals surface area contributed by atoms with Crippen molar-refractivity contribution in [3.05, 3.63) is 71.4 Å². The van der Waals surface area contributed by atoms with Crippen molar-refractivity contribution in [3.8, 4) is 17.0 Å². The van der Waals surface area contributed by atoms with Crippen LogP contribution in [0.5, 0.6) is 5.75 Å². The Morgan fingerprint density at radius 3 is 2.69 bits per heavy atom. The normalized spacial score (nSPS) is 11.0. The summed E-state index contributed by atoms with van der Waals surface area (Å²) in [4.78, 5) is 18.2. The number of nitrogens with one attached hydrogen (secondary N) is 1. The van der Waals surface area contributed by atoms with E-state index in [2.05, 4.69) is 12.2 Å². The zero-order chi connectivity index (χ0) is 20.2. The molecule has 29 heavy (non-hydrogen) atoms. The minimum Gasteiger partial charge on any atom is -0.494 e. The number of carbonyl (C=O) groups is 1. The van der Waals surface area contributed by atoms with Crippen molar-refractivity contribution >= 4 is 27.9 Å². The molecule has 0 saturated heterocycles. The van der Waals surface area contributed by atoms with Crippen LogP contribution < -0.4 is 10.1 Å². The van der Waals surface area contributed by atoms with Crippen LogP contribution in [-0.2, 0) is 17.6 Å². The van der Waals surface area contributed by atoms with E-state index in [1.54, 1.807) is 11.3 Å². The summed E-state index contributed by atoms with van der Waals surface area (Å²) in [5, 5.41) is 5.03. The number of hydrogen-bond donors (Lipinski definition) is 1. The lowest BCUT2D eigenvalue weighted by molar-refractivity contribution is -0.115. The third kappa shape index (κ3) is 4.17. The average Bonchev–Trinajstić information content (AvgIpc) is 3.31. The van der Waals surface area contributed by atoms with Gasteiger partial charge in [0.1, 0.15) is 5.75 Å². The zero-order valence-corrected chi connectivity index (χ0v) is 17.3. The van der Waals surface area contributed by atoms with Crippen molar-refractivity contribution in [2.75, 3.05) is 11.9 Å². The predicted octanol–water partition coefficient (Wildman–Crippen LogP) is 5.21. The highest BCUT2D eigenvalue weighted by Gasteiger charge is 2.13. The van der Waals surface area contributed by atoms with Crippen molar-refractivity contribution in [3.63, 3.8) is 0 Å². The first kappa shape index (κ1) is 19.2. The Bertz CT molecular complexity index is 1130. The first-order valence-electron chi connectivity index (χ1n) is 9.74. The molecule has 6 heteroatoms. The quantitative estimate of drug-likeness (QED) is 0.459. The van der Waals surface area contributed by atoms with Crippen LogP contribution in [-0.4, -0.2) is 21.9 Å². The number of rotatable bonds is 7. The molecule has 2 heterocycles. The molecular formula is C23H23N3O2S. The number of para-hydroxylation sites is 1. The third-order valence-electron chi connectivity index (χ3n) is 4.76. The topological polar surface area (TPSA) is 55.6 Å². The Morgan fingerprint density at radius 1 is 1.14 bits per heavy atom. The number of aromatic nitrogens is 2. The lowest BCUT2D eigenvalue weighted by Gasteiger charge is -2.09. The summed E-state index contributed by atoms with van der Waals surface area (Å²) in [5.41, 5.74) is 4.86. The molecule has 0 saturated carbocycles. The van der Waals surface area contributed by atoms with Gasteiger partial charge in [-0.2, -0.15) is 0 Å². The minimum atomic E-state index is -0.0260. The molecule has 4 rings (SSSR count). The number of benzene rings is 2. The number of nitrogens with zero attached hydrogens (tertiary/aromatic N) is 2. The number of thiazole rings is 1. The van der Waals surface area contributed by atoms with Crippen LogP contribution >= 0.6 is 11.3 Å².